The molecule has 0 amide bonds. The molecule has 17 heavy (non-hydrogen) atoms. The van der Waals surface area contributed by atoms with Crippen LogP contribution in [-0.4, -0.2) is 34.3 Å². The van der Waals surface area contributed by atoms with Crippen LogP contribution in [0.25, 0.3) is 10.9 Å². The van der Waals surface area contributed by atoms with Crippen LogP contribution in [0.2, 0.25) is 0 Å². The maximum atomic E-state index is 9.09. The van der Waals surface area contributed by atoms with E-state index >= 15 is 0 Å². The third-order valence-electron chi connectivity index (χ3n) is 3.06. The van der Waals surface area contributed by atoms with Gasteiger partial charge in [0.25, 0.3) is 0 Å². The monoisotopic (exact) mass is 229 g/mol. The largest absolute Gasteiger partial charge is 0.395 e. The van der Waals surface area contributed by atoms with Gasteiger partial charge in [-0.05, 0) is 18.9 Å². The summed E-state index contributed by atoms with van der Waals surface area (Å²) in [6.45, 7) is 0.760. The zero-order chi connectivity index (χ0) is 11.7. The van der Waals surface area contributed by atoms with E-state index in [1.165, 1.54) is 12.8 Å². The van der Waals surface area contributed by atoms with E-state index in [-0.39, 0.29) is 6.61 Å². The van der Waals surface area contributed by atoms with Gasteiger partial charge in [-0.3, -0.25) is 0 Å². The van der Waals surface area contributed by atoms with Crippen molar-refractivity contribution in [1.82, 2.24) is 9.97 Å². The van der Waals surface area contributed by atoms with Gasteiger partial charge in [-0.25, -0.2) is 9.97 Å². The van der Waals surface area contributed by atoms with Crippen LogP contribution in [0.3, 0.4) is 0 Å². The fourth-order valence-corrected chi connectivity index (χ4v) is 2.04. The van der Waals surface area contributed by atoms with Gasteiger partial charge in [0, 0.05) is 24.2 Å². The molecule has 1 heterocycles. The molecule has 1 aliphatic carbocycles. The standard InChI is InChI=1S/C13H15N3O/c17-8-7-16(11-5-6-11)13-14-9-10-3-1-2-4-12(10)15-13/h1-4,9,11,17H,5-8H2. The molecule has 1 aliphatic rings. The Hall–Kier alpha value is -1.68. The summed E-state index contributed by atoms with van der Waals surface area (Å²) >= 11 is 0. The molecule has 1 saturated carbocycles. The van der Waals surface area contributed by atoms with Gasteiger partial charge in [0.15, 0.2) is 0 Å². The molecule has 0 unspecified atom stereocenters. The van der Waals surface area contributed by atoms with Crippen molar-refractivity contribution in [3.05, 3.63) is 30.5 Å². The van der Waals surface area contributed by atoms with E-state index in [9.17, 15) is 0 Å². The van der Waals surface area contributed by atoms with Crippen molar-refractivity contribution < 1.29 is 5.11 Å². The van der Waals surface area contributed by atoms with Crippen LogP contribution < -0.4 is 4.90 Å². The molecule has 0 spiro atoms. The number of aliphatic hydroxyl groups is 1. The molecular weight excluding hydrogens is 214 g/mol. The highest BCUT2D eigenvalue weighted by Gasteiger charge is 2.30. The number of rotatable bonds is 4. The Balaban J connectivity index is 1.97. The van der Waals surface area contributed by atoms with E-state index in [4.69, 9.17) is 5.11 Å². The highest BCUT2D eigenvalue weighted by atomic mass is 16.3. The van der Waals surface area contributed by atoms with Crippen molar-refractivity contribution in [3.8, 4) is 0 Å². The molecule has 88 valence electrons. The smallest absolute Gasteiger partial charge is 0.226 e. The number of aromatic nitrogens is 2. The first kappa shape index (κ1) is 10.5. The van der Waals surface area contributed by atoms with E-state index < -0.39 is 0 Å². The van der Waals surface area contributed by atoms with Gasteiger partial charge < -0.3 is 10.0 Å². The van der Waals surface area contributed by atoms with Gasteiger partial charge in [0.2, 0.25) is 5.95 Å². The molecule has 3 rings (SSSR count). The third kappa shape index (κ3) is 2.08. The Kier molecular flexibility index (Phi) is 2.65. The summed E-state index contributed by atoms with van der Waals surface area (Å²) in [5, 5.41) is 10.1. The first-order valence-corrected chi connectivity index (χ1v) is 5.98. The summed E-state index contributed by atoms with van der Waals surface area (Å²) in [5.41, 5.74) is 0.959. The van der Waals surface area contributed by atoms with Crippen LogP contribution in [-0.2, 0) is 0 Å². The predicted molar refractivity (Wildman–Crippen MR) is 67.0 cm³/mol. The SMILES string of the molecule is OCCN(c1ncc2ccccc2n1)C1CC1. The van der Waals surface area contributed by atoms with E-state index in [1.807, 2.05) is 30.5 Å². The number of fused-ring (bicyclic) bond motifs is 1. The van der Waals surface area contributed by atoms with Gasteiger partial charge in [-0.2, -0.15) is 0 Å². The lowest BCUT2D eigenvalue weighted by molar-refractivity contribution is 0.300. The summed E-state index contributed by atoms with van der Waals surface area (Å²) in [5.74, 6) is 0.736. The summed E-state index contributed by atoms with van der Waals surface area (Å²) in [4.78, 5) is 11.1. The highest BCUT2D eigenvalue weighted by Crippen LogP contribution is 2.29. The summed E-state index contributed by atoms with van der Waals surface area (Å²) in [6, 6.07) is 8.48. The topological polar surface area (TPSA) is 49.2 Å². The van der Waals surface area contributed by atoms with Crippen molar-refractivity contribution in [1.29, 1.82) is 0 Å². The van der Waals surface area contributed by atoms with E-state index in [2.05, 4.69) is 14.9 Å². The number of para-hydroxylation sites is 1. The quantitative estimate of drug-likeness (QED) is 0.865. The minimum Gasteiger partial charge on any atom is -0.395 e. The normalized spacial score (nSPS) is 15.1. The van der Waals surface area contributed by atoms with E-state index in [1.54, 1.807) is 0 Å². The Bertz CT molecular complexity index is 525. The lowest BCUT2D eigenvalue weighted by atomic mass is 10.2. The van der Waals surface area contributed by atoms with Gasteiger partial charge in [-0.15, -0.1) is 0 Å². The number of hydrogen-bond donors (Lipinski definition) is 1. The van der Waals surface area contributed by atoms with Crippen molar-refractivity contribution in [2.24, 2.45) is 0 Å². The molecular formula is C13H15N3O. The molecule has 4 nitrogen and oxygen atoms in total. The molecule has 1 aromatic heterocycles. The van der Waals surface area contributed by atoms with Crippen molar-refractivity contribution in [2.75, 3.05) is 18.1 Å². The van der Waals surface area contributed by atoms with E-state index in [0.29, 0.717) is 12.6 Å². The second kappa shape index (κ2) is 4.30. The summed E-state index contributed by atoms with van der Waals surface area (Å²) < 4.78 is 0. The van der Waals surface area contributed by atoms with Crippen LogP contribution >= 0.6 is 0 Å². The fourth-order valence-electron chi connectivity index (χ4n) is 2.04. The first-order valence-electron chi connectivity index (χ1n) is 5.98. The van der Waals surface area contributed by atoms with Crippen molar-refractivity contribution in [3.63, 3.8) is 0 Å². The van der Waals surface area contributed by atoms with Crippen LogP contribution in [0, 0.1) is 0 Å². The third-order valence-corrected chi connectivity index (χ3v) is 3.06. The molecule has 0 radical (unpaired) electrons. The van der Waals surface area contributed by atoms with Crippen molar-refractivity contribution in [2.45, 2.75) is 18.9 Å². The lowest BCUT2D eigenvalue weighted by Crippen LogP contribution is -2.30. The molecule has 1 N–H and O–H groups in total. The molecule has 4 heteroatoms. The Morgan fingerprint density at radius 3 is 2.88 bits per heavy atom. The fraction of sp³-hybridized carbons (Fsp3) is 0.385. The molecule has 1 aromatic carbocycles. The van der Waals surface area contributed by atoms with Crippen LogP contribution in [0.4, 0.5) is 5.95 Å². The van der Waals surface area contributed by atoms with Crippen LogP contribution in [0.15, 0.2) is 30.5 Å². The number of benzene rings is 1. The maximum Gasteiger partial charge on any atom is 0.226 e. The molecule has 0 saturated heterocycles. The van der Waals surface area contributed by atoms with E-state index in [0.717, 1.165) is 16.9 Å². The average Bonchev–Trinajstić information content (AvgIpc) is 3.20. The summed E-state index contributed by atoms with van der Waals surface area (Å²) in [6.07, 6.45) is 4.21. The average molecular weight is 229 g/mol. The summed E-state index contributed by atoms with van der Waals surface area (Å²) in [7, 11) is 0. The zero-order valence-corrected chi connectivity index (χ0v) is 9.58. The second-order valence-electron chi connectivity index (χ2n) is 4.38. The Morgan fingerprint density at radius 1 is 1.29 bits per heavy atom. The van der Waals surface area contributed by atoms with Gasteiger partial charge in [0.1, 0.15) is 0 Å². The van der Waals surface area contributed by atoms with Gasteiger partial charge in [-0.1, -0.05) is 18.2 Å². The zero-order valence-electron chi connectivity index (χ0n) is 9.58. The van der Waals surface area contributed by atoms with Crippen LogP contribution in [0.1, 0.15) is 12.8 Å². The molecule has 1 fully saturated rings. The molecule has 0 bridgehead atoms. The molecule has 2 aromatic rings. The lowest BCUT2D eigenvalue weighted by Gasteiger charge is -2.21. The Labute approximate surface area is 99.9 Å². The maximum absolute atomic E-state index is 9.09. The predicted octanol–water partition coefficient (Wildman–Crippen LogP) is 1.59. The van der Waals surface area contributed by atoms with Gasteiger partial charge in [0.05, 0.1) is 12.1 Å². The van der Waals surface area contributed by atoms with Crippen LogP contribution in [0.5, 0.6) is 0 Å². The van der Waals surface area contributed by atoms with Gasteiger partial charge >= 0.3 is 0 Å². The number of nitrogens with zero attached hydrogens (tertiary/aromatic N) is 3. The molecule has 0 atom stereocenters. The number of aliphatic hydroxyl groups excluding tert-OH is 1. The van der Waals surface area contributed by atoms with Crippen molar-refractivity contribution >= 4 is 16.9 Å². The minimum absolute atomic E-state index is 0.146. The minimum atomic E-state index is 0.146. The number of hydrogen-bond acceptors (Lipinski definition) is 4. The Morgan fingerprint density at radius 2 is 2.12 bits per heavy atom. The first-order chi connectivity index (χ1) is 8.38. The second-order valence-corrected chi connectivity index (χ2v) is 4.38. The molecule has 0 aliphatic heterocycles. The highest BCUT2D eigenvalue weighted by molar-refractivity contribution is 5.78. The number of anilines is 1.